The van der Waals surface area contributed by atoms with Crippen LogP contribution in [0.25, 0.3) is 0 Å². The number of ether oxygens (including phenoxy) is 4. The number of hydrogen-bond donors (Lipinski definition) is 3. The molecule has 0 radical (unpaired) electrons. The number of allylic oxidation sites excluding steroid dienone is 1. The van der Waals surface area contributed by atoms with Crippen LogP contribution in [0.15, 0.2) is 47.7 Å². The number of rotatable bonds is 8. The molecule has 0 fully saturated rings. The lowest BCUT2D eigenvalue weighted by molar-refractivity contribution is -0.113. The molecule has 1 aliphatic rings. The van der Waals surface area contributed by atoms with Gasteiger partial charge in [-0.15, -0.1) is 0 Å². The number of carbonyl (C=O) groups is 1. The number of anilines is 1. The molecule has 0 saturated heterocycles. The van der Waals surface area contributed by atoms with Gasteiger partial charge in [-0.05, 0) is 68.0 Å². The average molecular weight is 458 g/mol. The highest BCUT2D eigenvalue weighted by Gasteiger charge is 2.31. The molecule has 1 aliphatic heterocycles. The summed E-state index contributed by atoms with van der Waals surface area (Å²) in [5.74, 6) is 1.90. The first-order chi connectivity index (χ1) is 15.4. The molecule has 0 saturated carbocycles. The van der Waals surface area contributed by atoms with Crippen molar-refractivity contribution in [2.24, 2.45) is 0 Å². The van der Waals surface area contributed by atoms with Crippen LogP contribution in [0.2, 0.25) is 0 Å². The van der Waals surface area contributed by atoms with Crippen molar-refractivity contribution in [1.82, 2.24) is 10.6 Å². The summed E-state index contributed by atoms with van der Waals surface area (Å²) in [7, 11) is 4.63. The Morgan fingerprint density at radius 2 is 1.69 bits per heavy atom. The van der Waals surface area contributed by atoms with E-state index in [1.807, 2.05) is 26.0 Å². The van der Waals surface area contributed by atoms with Gasteiger partial charge in [-0.2, -0.15) is 0 Å². The fourth-order valence-corrected chi connectivity index (χ4v) is 3.78. The number of nitrogens with one attached hydrogen (secondary N) is 3. The lowest BCUT2D eigenvalue weighted by Gasteiger charge is -2.31. The van der Waals surface area contributed by atoms with E-state index in [1.54, 1.807) is 38.5 Å². The van der Waals surface area contributed by atoms with Crippen LogP contribution < -0.4 is 34.9 Å². The molecule has 170 valence electrons. The number of benzene rings is 2. The van der Waals surface area contributed by atoms with Crippen molar-refractivity contribution >= 4 is 28.9 Å². The quantitative estimate of drug-likeness (QED) is 0.519. The first-order valence-electron chi connectivity index (χ1n) is 10.0. The van der Waals surface area contributed by atoms with Gasteiger partial charge < -0.3 is 34.9 Å². The minimum atomic E-state index is -0.528. The normalized spacial score (nSPS) is 15.4. The SMILES string of the molecule is CCOc1ccc(NC(=O)C2=C(C)NC(=S)N[C@@H]2c2cc(OC)c(OC)c(OC)c2)cc1. The molecule has 1 amide bonds. The Bertz CT molecular complexity index is 1010. The Balaban J connectivity index is 1.97. The van der Waals surface area contributed by atoms with Gasteiger partial charge in [-0.3, -0.25) is 4.79 Å². The third kappa shape index (κ3) is 4.88. The molecule has 9 heteroatoms. The van der Waals surface area contributed by atoms with Crippen molar-refractivity contribution in [3.05, 3.63) is 53.2 Å². The van der Waals surface area contributed by atoms with E-state index in [2.05, 4.69) is 16.0 Å². The van der Waals surface area contributed by atoms with E-state index in [9.17, 15) is 4.79 Å². The minimum Gasteiger partial charge on any atom is -0.494 e. The molecule has 0 unspecified atom stereocenters. The number of methoxy groups -OCH3 is 3. The zero-order chi connectivity index (χ0) is 23.3. The molecule has 1 atom stereocenters. The van der Waals surface area contributed by atoms with Gasteiger partial charge in [0.25, 0.3) is 5.91 Å². The lowest BCUT2D eigenvalue weighted by atomic mass is 9.94. The molecular weight excluding hydrogens is 430 g/mol. The second kappa shape index (κ2) is 10.2. The molecule has 2 aromatic carbocycles. The Labute approximate surface area is 192 Å². The Morgan fingerprint density at radius 1 is 1.06 bits per heavy atom. The molecule has 8 nitrogen and oxygen atoms in total. The summed E-state index contributed by atoms with van der Waals surface area (Å²) in [6, 6.07) is 10.3. The second-order valence-corrected chi connectivity index (χ2v) is 7.35. The number of carbonyl (C=O) groups excluding carboxylic acids is 1. The summed E-state index contributed by atoms with van der Waals surface area (Å²) in [6.07, 6.45) is 0. The molecule has 3 rings (SSSR count). The molecule has 32 heavy (non-hydrogen) atoms. The maximum Gasteiger partial charge on any atom is 0.255 e. The van der Waals surface area contributed by atoms with Gasteiger partial charge in [0, 0.05) is 11.4 Å². The van der Waals surface area contributed by atoms with Crippen molar-refractivity contribution in [3.63, 3.8) is 0 Å². The van der Waals surface area contributed by atoms with Crippen LogP contribution in [0.5, 0.6) is 23.0 Å². The van der Waals surface area contributed by atoms with E-state index in [4.69, 9.17) is 31.2 Å². The van der Waals surface area contributed by atoms with E-state index >= 15 is 0 Å². The van der Waals surface area contributed by atoms with Gasteiger partial charge >= 0.3 is 0 Å². The van der Waals surface area contributed by atoms with Crippen molar-refractivity contribution in [2.75, 3.05) is 33.3 Å². The van der Waals surface area contributed by atoms with E-state index in [-0.39, 0.29) is 5.91 Å². The van der Waals surface area contributed by atoms with Crippen molar-refractivity contribution in [2.45, 2.75) is 19.9 Å². The van der Waals surface area contributed by atoms with E-state index in [0.29, 0.717) is 45.9 Å². The van der Waals surface area contributed by atoms with Gasteiger partial charge in [0.2, 0.25) is 5.75 Å². The van der Waals surface area contributed by atoms with Gasteiger partial charge in [0.05, 0.1) is 39.6 Å². The van der Waals surface area contributed by atoms with E-state index in [0.717, 1.165) is 11.3 Å². The summed E-state index contributed by atoms with van der Waals surface area (Å²) in [4.78, 5) is 13.3. The summed E-state index contributed by atoms with van der Waals surface area (Å²) < 4.78 is 21.8. The second-order valence-electron chi connectivity index (χ2n) is 6.94. The Kier molecular flexibility index (Phi) is 7.42. The third-order valence-corrected chi connectivity index (χ3v) is 5.18. The van der Waals surface area contributed by atoms with Gasteiger partial charge in [-0.1, -0.05) is 0 Å². The number of thiocarbonyl (C=S) groups is 1. The molecule has 3 N–H and O–H groups in total. The predicted molar refractivity (Wildman–Crippen MR) is 127 cm³/mol. The summed E-state index contributed by atoms with van der Waals surface area (Å²) in [5.41, 5.74) is 2.52. The topological polar surface area (TPSA) is 90.1 Å². The highest BCUT2D eigenvalue weighted by atomic mass is 32.1. The van der Waals surface area contributed by atoms with Crippen LogP contribution >= 0.6 is 12.2 Å². The fraction of sp³-hybridized carbons (Fsp3) is 0.304. The van der Waals surface area contributed by atoms with Gasteiger partial charge in [0.15, 0.2) is 16.6 Å². The van der Waals surface area contributed by atoms with Crippen LogP contribution in [0.4, 0.5) is 5.69 Å². The summed E-state index contributed by atoms with van der Waals surface area (Å²) >= 11 is 5.35. The van der Waals surface area contributed by atoms with E-state index in [1.165, 1.54) is 7.11 Å². The van der Waals surface area contributed by atoms with Crippen molar-refractivity contribution in [1.29, 1.82) is 0 Å². The van der Waals surface area contributed by atoms with Crippen LogP contribution in [-0.2, 0) is 4.79 Å². The Hall–Kier alpha value is -3.46. The van der Waals surface area contributed by atoms with Gasteiger partial charge in [0.1, 0.15) is 5.75 Å². The number of amides is 1. The fourth-order valence-electron chi connectivity index (χ4n) is 3.51. The molecule has 0 bridgehead atoms. The summed E-state index contributed by atoms with van der Waals surface area (Å²) in [5, 5.41) is 9.57. The number of hydrogen-bond acceptors (Lipinski definition) is 6. The van der Waals surface area contributed by atoms with Gasteiger partial charge in [-0.25, -0.2) is 0 Å². The van der Waals surface area contributed by atoms with Crippen molar-refractivity contribution < 1.29 is 23.7 Å². The van der Waals surface area contributed by atoms with E-state index < -0.39 is 6.04 Å². The first kappa shape index (κ1) is 23.2. The van der Waals surface area contributed by atoms with Crippen molar-refractivity contribution in [3.8, 4) is 23.0 Å². The summed E-state index contributed by atoms with van der Waals surface area (Å²) in [6.45, 7) is 4.30. The largest absolute Gasteiger partial charge is 0.494 e. The molecule has 2 aromatic rings. The molecule has 0 spiro atoms. The molecular formula is C23H27N3O5S. The Morgan fingerprint density at radius 3 is 2.22 bits per heavy atom. The monoisotopic (exact) mass is 457 g/mol. The third-order valence-electron chi connectivity index (χ3n) is 4.96. The maximum absolute atomic E-state index is 13.3. The standard InChI is InChI=1S/C23H27N3O5S/c1-6-31-16-9-7-15(8-10-16)25-22(27)19-13(2)24-23(32)26-20(19)14-11-17(28-3)21(30-5)18(12-14)29-4/h7-12,20H,6H2,1-5H3,(H,25,27)(H2,24,26,32)/t20-/m1/s1. The molecule has 0 aliphatic carbocycles. The molecule has 1 heterocycles. The maximum atomic E-state index is 13.3. The van der Waals surface area contributed by atoms with Crippen LogP contribution in [0, 0.1) is 0 Å². The zero-order valence-electron chi connectivity index (χ0n) is 18.7. The lowest BCUT2D eigenvalue weighted by Crippen LogP contribution is -2.45. The highest BCUT2D eigenvalue weighted by molar-refractivity contribution is 7.80. The molecule has 0 aromatic heterocycles. The highest BCUT2D eigenvalue weighted by Crippen LogP contribution is 2.41. The first-order valence-corrected chi connectivity index (χ1v) is 10.4. The predicted octanol–water partition coefficient (Wildman–Crippen LogP) is 3.54. The van der Waals surface area contributed by atoms with Crippen LogP contribution in [0.1, 0.15) is 25.5 Å². The van der Waals surface area contributed by atoms with Crippen LogP contribution in [-0.4, -0.2) is 39.0 Å². The minimum absolute atomic E-state index is 0.270. The average Bonchev–Trinajstić information content (AvgIpc) is 2.78. The van der Waals surface area contributed by atoms with Crippen LogP contribution in [0.3, 0.4) is 0 Å². The zero-order valence-corrected chi connectivity index (χ0v) is 19.5. The smallest absolute Gasteiger partial charge is 0.255 e.